The van der Waals surface area contributed by atoms with Crippen LogP contribution in [0.5, 0.6) is 0 Å². The van der Waals surface area contributed by atoms with Gasteiger partial charge in [-0.15, -0.1) is 0 Å². The zero-order chi connectivity index (χ0) is 9.28. The molecule has 0 fully saturated rings. The smallest absolute Gasteiger partial charge is 0.393 e. The van der Waals surface area contributed by atoms with Crippen LogP contribution >= 0.6 is 0 Å². The molecule has 0 heterocycles. The van der Waals surface area contributed by atoms with Gasteiger partial charge in [0.15, 0.2) is 0 Å². The van der Waals surface area contributed by atoms with Gasteiger partial charge >= 0.3 is 15.4 Å². The number of hydrogen-bond acceptors (Lipinski definition) is 3. The molecule has 8 heteroatoms. The van der Waals surface area contributed by atoms with Gasteiger partial charge in [-0.25, -0.2) is 4.39 Å². The summed E-state index contributed by atoms with van der Waals surface area (Å²) in [6.45, 7) is -1.67. The van der Waals surface area contributed by atoms with Gasteiger partial charge in [-0.05, 0) is 0 Å². The molecule has 0 amide bonds. The third-order valence-electron chi connectivity index (χ3n) is 0.869. The first kappa shape index (κ1) is 10.7. The third-order valence-corrected chi connectivity index (χ3v) is 1.81. The first-order valence-electron chi connectivity index (χ1n) is 2.33. The largest absolute Gasteiger partial charge is 0.402 e. The van der Waals surface area contributed by atoms with Crippen molar-refractivity contribution < 1.29 is 31.2 Å². The van der Waals surface area contributed by atoms with Gasteiger partial charge in [-0.1, -0.05) is 0 Å². The Kier molecular flexibility index (Phi) is 2.86. The van der Waals surface area contributed by atoms with E-state index in [0.29, 0.717) is 0 Å². The summed E-state index contributed by atoms with van der Waals surface area (Å²) in [5.74, 6) is 0. The predicted octanol–water partition coefficient (Wildman–Crippen LogP) is -0.203. The summed E-state index contributed by atoms with van der Waals surface area (Å²) in [7, 11) is -5.78. The quantitative estimate of drug-likeness (QED) is 0.610. The molecule has 0 aliphatic carbocycles. The van der Waals surface area contributed by atoms with E-state index >= 15 is 0 Å². The highest BCUT2D eigenvalue weighted by Crippen LogP contribution is 2.26. The molecule has 0 saturated carbocycles. The van der Waals surface area contributed by atoms with Crippen LogP contribution < -0.4 is 0 Å². The Bertz CT molecular complexity index is 223. The van der Waals surface area contributed by atoms with Crippen LogP contribution in [-0.4, -0.2) is 36.1 Å². The third kappa shape index (κ3) is 2.04. The standard InChI is InChI=1S/C3H5F3O4S/c4-2(1-7)3(5,6)11(8,9)10/h2,7H,1H2,(H,8,9,10). The molecule has 1 unspecified atom stereocenters. The van der Waals surface area contributed by atoms with E-state index in [4.69, 9.17) is 9.66 Å². The van der Waals surface area contributed by atoms with Gasteiger partial charge in [0.25, 0.3) is 0 Å². The first-order valence-corrected chi connectivity index (χ1v) is 3.77. The lowest BCUT2D eigenvalue weighted by molar-refractivity contribution is -0.0267. The average Bonchev–Trinajstić information content (AvgIpc) is 1.83. The maximum absolute atomic E-state index is 12.0. The molecule has 2 N–H and O–H groups in total. The fraction of sp³-hybridized carbons (Fsp3) is 1.00. The average molecular weight is 194 g/mol. The van der Waals surface area contributed by atoms with Gasteiger partial charge in [0, 0.05) is 0 Å². The minimum atomic E-state index is -5.78. The Morgan fingerprint density at radius 3 is 1.91 bits per heavy atom. The molecular formula is C3H5F3O4S. The fourth-order valence-electron chi connectivity index (χ4n) is 0.268. The summed E-state index contributed by atoms with van der Waals surface area (Å²) >= 11 is 0. The Balaban J connectivity index is 4.74. The molecule has 0 rings (SSSR count). The number of hydrogen-bond donors (Lipinski definition) is 2. The summed E-state index contributed by atoms with van der Waals surface area (Å²) in [6.07, 6.45) is -3.31. The highest BCUT2D eigenvalue weighted by Gasteiger charge is 2.52. The normalized spacial score (nSPS) is 16.5. The predicted molar refractivity (Wildman–Crippen MR) is 28.5 cm³/mol. The van der Waals surface area contributed by atoms with Crippen molar-refractivity contribution in [2.45, 2.75) is 11.4 Å². The van der Waals surface area contributed by atoms with E-state index in [0.717, 1.165) is 0 Å². The first-order chi connectivity index (χ1) is 4.73. The van der Waals surface area contributed by atoms with Crippen molar-refractivity contribution in [3.05, 3.63) is 0 Å². The van der Waals surface area contributed by atoms with Gasteiger partial charge in [-0.2, -0.15) is 17.2 Å². The molecule has 68 valence electrons. The second-order valence-electron chi connectivity index (χ2n) is 1.69. The Morgan fingerprint density at radius 2 is 1.82 bits per heavy atom. The van der Waals surface area contributed by atoms with Crippen molar-refractivity contribution in [3.8, 4) is 0 Å². The molecule has 0 saturated heterocycles. The molecular weight excluding hydrogens is 189 g/mol. The number of rotatable bonds is 3. The van der Waals surface area contributed by atoms with Gasteiger partial charge < -0.3 is 5.11 Å². The molecule has 0 aromatic heterocycles. The SMILES string of the molecule is O=S(=O)(O)C(F)(F)C(F)CO. The van der Waals surface area contributed by atoms with Crippen molar-refractivity contribution in [2.75, 3.05) is 6.61 Å². The van der Waals surface area contributed by atoms with E-state index < -0.39 is 28.2 Å². The molecule has 0 spiro atoms. The number of aliphatic hydroxyl groups is 1. The minimum absolute atomic E-state index is 1.67. The summed E-state index contributed by atoms with van der Waals surface area (Å²) in [5.41, 5.74) is 0. The van der Waals surface area contributed by atoms with Gasteiger partial charge in [0.1, 0.15) is 0 Å². The van der Waals surface area contributed by atoms with Crippen molar-refractivity contribution in [2.24, 2.45) is 0 Å². The maximum Gasteiger partial charge on any atom is 0.402 e. The highest BCUT2D eigenvalue weighted by molar-refractivity contribution is 7.86. The lowest BCUT2D eigenvalue weighted by Gasteiger charge is -2.14. The van der Waals surface area contributed by atoms with Gasteiger partial charge in [0.2, 0.25) is 6.17 Å². The molecule has 0 aromatic carbocycles. The Morgan fingerprint density at radius 1 is 1.45 bits per heavy atom. The molecule has 11 heavy (non-hydrogen) atoms. The van der Waals surface area contributed by atoms with Crippen LogP contribution in [0, 0.1) is 0 Å². The molecule has 4 nitrogen and oxygen atoms in total. The number of aliphatic hydroxyl groups excluding tert-OH is 1. The summed E-state index contributed by atoms with van der Waals surface area (Å²) in [6, 6.07) is 0. The van der Waals surface area contributed by atoms with Crippen molar-refractivity contribution in [1.82, 2.24) is 0 Å². The second-order valence-corrected chi connectivity index (χ2v) is 3.18. The molecule has 1 atom stereocenters. The fourth-order valence-corrected chi connectivity index (χ4v) is 0.666. The van der Waals surface area contributed by atoms with Crippen LogP contribution in [0.2, 0.25) is 0 Å². The number of alkyl halides is 3. The molecule has 0 aliphatic rings. The summed E-state index contributed by atoms with van der Waals surface area (Å²) in [4.78, 5) is 0. The van der Waals surface area contributed by atoms with E-state index in [1.54, 1.807) is 0 Å². The summed E-state index contributed by atoms with van der Waals surface area (Å²) in [5, 5.41) is 2.86. The van der Waals surface area contributed by atoms with Gasteiger partial charge in [0.05, 0.1) is 6.61 Å². The monoisotopic (exact) mass is 194 g/mol. The van der Waals surface area contributed by atoms with Crippen LogP contribution in [0.25, 0.3) is 0 Å². The topological polar surface area (TPSA) is 74.6 Å². The second kappa shape index (κ2) is 2.95. The zero-order valence-electron chi connectivity index (χ0n) is 5.04. The van der Waals surface area contributed by atoms with Crippen LogP contribution in [0.4, 0.5) is 13.2 Å². The van der Waals surface area contributed by atoms with Crippen LogP contribution in [-0.2, 0) is 10.1 Å². The molecule has 0 bridgehead atoms. The number of halogens is 3. The Hall–Kier alpha value is -0.340. The van der Waals surface area contributed by atoms with Crippen molar-refractivity contribution in [3.63, 3.8) is 0 Å². The van der Waals surface area contributed by atoms with Crippen LogP contribution in [0.1, 0.15) is 0 Å². The maximum atomic E-state index is 12.0. The zero-order valence-corrected chi connectivity index (χ0v) is 5.85. The lowest BCUT2D eigenvalue weighted by Crippen LogP contribution is -2.40. The lowest BCUT2D eigenvalue weighted by atomic mass is 10.4. The highest BCUT2D eigenvalue weighted by atomic mass is 32.2. The van der Waals surface area contributed by atoms with Crippen molar-refractivity contribution >= 4 is 10.1 Å². The van der Waals surface area contributed by atoms with E-state index in [-0.39, 0.29) is 0 Å². The summed E-state index contributed by atoms with van der Waals surface area (Å²) < 4.78 is 62.9. The molecule has 0 aliphatic heterocycles. The van der Waals surface area contributed by atoms with E-state index in [1.807, 2.05) is 0 Å². The van der Waals surface area contributed by atoms with E-state index in [2.05, 4.69) is 0 Å². The van der Waals surface area contributed by atoms with Crippen LogP contribution in [0.3, 0.4) is 0 Å². The van der Waals surface area contributed by atoms with E-state index in [1.165, 1.54) is 0 Å². The van der Waals surface area contributed by atoms with Gasteiger partial charge in [-0.3, -0.25) is 4.55 Å². The minimum Gasteiger partial charge on any atom is -0.393 e. The van der Waals surface area contributed by atoms with Crippen molar-refractivity contribution in [1.29, 1.82) is 0 Å². The van der Waals surface area contributed by atoms with E-state index in [9.17, 15) is 21.6 Å². The van der Waals surface area contributed by atoms with Crippen LogP contribution in [0.15, 0.2) is 0 Å². The molecule has 0 aromatic rings. The Labute approximate surface area is 60.4 Å². The molecule has 0 radical (unpaired) electrons.